The average molecular weight is 374 g/mol. The maximum atomic E-state index is 13.7. The zero-order chi connectivity index (χ0) is 18.9. The smallest absolute Gasteiger partial charge is 0.411 e. The molecule has 0 N–H and O–H groups in total. The predicted molar refractivity (Wildman–Crippen MR) is 102 cm³/mol. The van der Waals surface area contributed by atoms with E-state index < -0.39 is 11.7 Å². The minimum Gasteiger partial charge on any atom is -0.444 e. The van der Waals surface area contributed by atoms with Gasteiger partial charge in [0.2, 0.25) is 0 Å². The molecule has 0 saturated heterocycles. The van der Waals surface area contributed by atoms with Crippen molar-refractivity contribution in [2.75, 3.05) is 6.54 Å². The van der Waals surface area contributed by atoms with E-state index in [1.165, 1.54) is 18.2 Å². The molecule has 3 nitrogen and oxygen atoms in total. The van der Waals surface area contributed by atoms with Crippen LogP contribution < -0.4 is 0 Å². The van der Waals surface area contributed by atoms with Gasteiger partial charge in [-0.25, -0.2) is 9.18 Å². The van der Waals surface area contributed by atoms with E-state index in [4.69, 9.17) is 16.3 Å². The van der Waals surface area contributed by atoms with Gasteiger partial charge in [0, 0.05) is 10.6 Å². The lowest BCUT2D eigenvalue weighted by molar-refractivity contribution is 0.0242. The van der Waals surface area contributed by atoms with Crippen LogP contribution in [0.3, 0.4) is 0 Å². The average Bonchev–Trinajstić information content (AvgIpc) is 3.01. The first-order valence-electron chi connectivity index (χ1n) is 8.45. The number of benzene rings is 2. The van der Waals surface area contributed by atoms with Crippen molar-refractivity contribution in [3.05, 3.63) is 76.6 Å². The number of carbonyl (C=O) groups is 1. The van der Waals surface area contributed by atoms with Crippen LogP contribution in [-0.4, -0.2) is 23.1 Å². The molecule has 0 radical (unpaired) electrons. The van der Waals surface area contributed by atoms with E-state index in [-0.39, 0.29) is 11.9 Å². The van der Waals surface area contributed by atoms with E-state index in [9.17, 15) is 9.18 Å². The second-order valence-corrected chi connectivity index (χ2v) is 7.69. The lowest BCUT2D eigenvalue weighted by Crippen LogP contribution is -2.37. The van der Waals surface area contributed by atoms with Gasteiger partial charge in [-0.05, 0) is 50.1 Å². The van der Waals surface area contributed by atoms with Gasteiger partial charge in [0.1, 0.15) is 11.4 Å². The maximum absolute atomic E-state index is 13.7. The summed E-state index contributed by atoms with van der Waals surface area (Å²) in [6.07, 6.45) is 1.53. The summed E-state index contributed by atoms with van der Waals surface area (Å²) in [5.41, 5.74) is 1.76. The van der Waals surface area contributed by atoms with Gasteiger partial charge < -0.3 is 4.74 Å². The summed E-state index contributed by atoms with van der Waals surface area (Å²) < 4.78 is 19.3. The van der Waals surface area contributed by atoms with Crippen molar-refractivity contribution in [1.29, 1.82) is 0 Å². The fraction of sp³-hybridized carbons (Fsp3) is 0.286. The van der Waals surface area contributed by atoms with Crippen LogP contribution in [-0.2, 0) is 4.74 Å². The van der Waals surface area contributed by atoms with Crippen molar-refractivity contribution in [3.63, 3.8) is 0 Å². The summed E-state index contributed by atoms with van der Waals surface area (Å²) in [7, 11) is 0. The van der Waals surface area contributed by atoms with E-state index in [1.54, 1.807) is 4.90 Å². The van der Waals surface area contributed by atoms with E-state index in [0.29, 0.717) is 17.1 Å². The molecule has 1 atom stereocenters. The fourth-order valence-corrected chi connectivity index (χ4v) is 3.20. The first kappa shape index (κ1) is 18.5. The Kier molecular flexibility index (Phi) is 5.05. The third-order valence-electron chi connectivity index (χ3n) is 4.08. The molecule has 1 heterocycles. The molecular formula is C21H21ClFNO2. The highest BCUT2D eigenvalue weighted by atomic mass is 35.5. The van der Waals surface area contributed by atoms with Crippen molar-refractivity contribution < 1.29 is 13.9 Å². The number of nitrogens with zero attached hydrogens (tertiary/aromatic N) is 1. The van der Waals surface area contributed by atoms with Crippen LogP contribution >= 0.6 is 11.6 Å². The molecule has 0 aromatic heterocycles. The molecule has 5 heteroatoms. The first-order chi connectivity index (χ1) is 12.2. The normalized spacial score (nSPS) is 17.2. The first-order valence-corrected chi connectivity index (χ1v) is 8.83. The summed E-state index contributed by atoms with van der Waals surface area (Å²) >= 11 is 6.26. The lowest BCUT2D eigenvalue weighted by Gasteiger charge is -2.29. The maximum Gasteiger partial charge on any atom is 0.411 e. The van der Waals surface area contributed by atoms with Crippen molar-refractivity contribution >= 4 is 23.3 Å². The Balaban J connectivity index is 1.98. The van der Waals surface area contributed by atoms with Crippen molar-refractivity contribution in [1.82, 2.24) is 4.90 Å². The zero-order valence-corrected chi connectivity index (χ0v) is 15.8. The van der Waals surface area contributed by atoms with Gasteiger partial charge in [0.25, 0.3) is 0 Å². The van der Waals surface area contributed by atoms with Crippen LogP contribution in [0.4, 0.5) is 9.18 Å². The molecule has 1 amide bonds. The van der Waals surface area contributed by atoms with Gasteiger partial charge in [0.05, 0.1) is 12.6 Å². The van der Waals surface area contributed by atoms with Crippen LogP contribution in [0.15, 0.2) is 54.6 Å². The molecule has 0 saturated carbocycles. The number of hydrogen-bond acceptors (Lipinski definition) is 2. The number of halogens is 2. The SMILES string of the molecule is CC(C)(C)OC(=O)N1CC(c2cc(F)ccc2Cl)=CC1c1ccccc1. The van der Waals surface area contributed by atoms with Gasteiger partial charge in [-0.1, -0.05) is 48.0 Å². The van der Waals surface area contributed by atoms with Crippen LogP contribution in [0.25, 0.3) is 5.57 Å². The monoisotopic (exact) mass is 373 g/mol. The van der Waals surface area contributed by atoms with Gasteiger partial charge in [-0.3, -0.25) is 4.90 Å². The Morgan fingerprint density at radius 3 is 2.54 bits per heavy atom. The predicted octanol–water partition coefficient (Wildman–Crippen LogP) is 5.85. The Labute approximate surface area is 158 Å². The molecule has 0 bridgehead atoms. The number of rotatable bonds is 2. The summed E-state index contributed by atoms with van der Waals surface area (Å²) in [5.74, 6) is -0.364. The third-order valence-corrected chi connectivity index (χ3v) is 4.41. The number of carbonyl (C=O) groups excluding carboxylic acids is 1. The highest BCUT2D eigenvalue weighted by Crippen LogP contribution is 2.37. The highest BCUT2D eigenvalue weighted by Gasteiger charge is 2.34. The Morgan fingerprint density at radius 1 is 1.19 bits per heavy atom. The molecule has 1 aliphatic heterocycles. The van der Waals surface area contributed by atoms with Gasteiger partial charge in [0.15, 0.2) is 0 Å². The van der Waals surface area contributed by atoms with E-state index in [0.717, 1.165) is 11.1 Å². The lowest BCUT2D eigenvalue weighted by atomic mass is 10.0. The van der Waals surface area contributed by atoms with Crippen LogP contribution in [0, 0.1) is 5.82 Å². The number of hydrogen-bond donors (Lipinski definition) is 0. The van der Waals surface area contributed by atoms with E-state index in [2.05, 4.69) is 0 Å². The molecule has 26 heavy (non-hydrogen) atoms. The van der Waals surface area contributed by atoms with Gasteiger partial charge >= 0.3 is 6.09 Å². The summed E-state index contributed by atoms with van der Waals surface area (Å²) in [5, 5.41) is 0.454. The highest BCUT2D eigenvalue weighted by molar-refractivity contribution is 6.32. The summed E-state index contributed by atoms with van der Waals surface area (Å²) in [6.45, 7) is 5.79. The van der Waals surface area contributed by atoms with Gasteiger partial charge in [-0.2, -0.15) is 0 Å². The molecule has 0 spiro atoms. The topological polar surface area (TPSA) is 29.5 Å². The standard InChI is InChI=1S/C21H21ClFNO2/c1-21(2,3)26-20(25)24-13-15(17-12-16(23)9-10-18(17)22)11-19(24)14-7-5-4-6-8-14/h4-12,19H,13H2,1-3H3. The molecule has 136 valence electrons. The molecule has 2 aromatic rings. The zero-order valence-electron chi connectivity index (χ0n) is 15.0. The van der Waals surface area contributed by atoms with Gasteiger partial charge in [-0.15, -0.1) is 0 Å². The number of ether oxygens (including phenoxy) is 1. The minimum absolute atomic E-state index is 0.291. The van der Waals surface area contributed by atoms with Crippen LogP contribution in [0.1, 0.15) is 37.9 Å². The van der Waals surface area contributed by atoms with Crippen LogP contribution in [0.5, 0.6) is 0 Å². The minimum atomic E-state index is -0.600. The molecule has 1 aliphatic rings. The summed E-state index contributed by atoms with van der Waals surface area (Å²) in [4.78, 5) is 14.4. The molecule has 0 fully saturated rings. The molecule has 1 unspecified atom stereocenters. The van der Waals surface area contributed by atoms with Crippen molar-refractivity contribution in [3.8, 4) is 0 Å². The summed E-state index contributed by atoms with van der Waals surface area (Å²) in [6, 6.07) is 13.6. The van der Waals surface area contributed by atoms with Crippen molar-refractivity contribution in [2.24, 2.45) is 0 Å². The fourth-order valence-electron chi connectivity index (χ4n) is 2.96. The van der Waals surface area contributed by atoms with E-state index >= 15 is 0 Å². The Bertz CT molecular complexity index is 843. The van der Waals surface area contributed by atoms with Crippen molar-refractivity contribution in [2.45, 2.75) is 32.4 Å². The third kappa shape index (κ3) is 4.07. The molecular weight excluding hydrogens is 353 g/mol. The molecule has 2 aromatic carbocycles. The largest absolute Gasteiger partial charge is 0.444 e. The second kappa shape index (κ2) is 7.12. The Morgan fingerprint density at radius 2 is 1.88 bits per heavy atom. The molecule has 3 rings (SSSR count). The quantitative estimate of drug-likeness (QED) is 0.660. The number of amides is 1. The second-order valence-electron chi connectivity index (χ2n) is 7.28. The molecule has 0 aliphatic carbocycles. The Hall–Kier alpha value is -2.33. The van der Waals surface area contributed by atoms with Crippen LogP contribution in [0.2, 0.25) is 5.02 Å². The van der Waals surface area contributed by atoms with E-state index in [1.807, 2.05) is 57.2 Å².